The topological polar surface area (TPSA) is 69.7 Å². The zero-order valence-electron chi connectivity index (χ0n) is 14.2. The number of nitrogens with one attached hydrogen (secondary N) is 1. The van der Waals surface area contributed by atoms with Gasteiger partial charge >= 0.3 is 0 Å². The molecule has 1 amide bonds. The first-order valence-corrected chi connectivity index (χ1v) is 10.1. The van der Waals surface area contributed by atoms with Crippen molar-refractivity contribution in [3.05, 3.63) is 0 Å². The van der Waals surface area contributed by atoms with Crippen LogP contribution in [0.15, 0.2) is 0 Å². The van der Waals surface area contributed by atoms with Crippen LogP contribution in [0, 0.1) is 5.92 Å². The van der Waals surface area contributed by atoms with Gasteiger partial charge in [0.25, 0.3) is 0 Å². The highest BCUT2D eigenvalue weighted by molar-refractivity contribution is 7.88. The molecule has 0 aromatic carbocycles. The van der Waals surface area contributed by atoms with Crippen LogP contribution in [0.2, 0.25) is 0 Å². The Kier molecular flexibility index (Phi) is 8.27. The first-order valence-electron chi connectivity index (χ1n) is 8.29. The van der Waals surface area contributed by atoms with Crippen LogP contribution in [0.25, 0.3) is 0 Å². The lowest BCUT2D eigenvalue weighted by Gasteiger charge is -2.36. The third-order valence-corrected chi connectivity index (χ3v) is 6.36. The highest BCUT2D eigenvalue weighted by atomic mass is 35.5. The van der Waals surface area contributed by atoms with Gasteiger partial charge in [-0.05, 0) is 51.1 Å². The molecule has 0 aromatic heterocycles. The normalized spacial score (nSPS) is 21.7. The number of piperidine rings is 2. The number of rotatable bonds is 5. The van der Waals surface area contributed by atoms with Gasteiger partial charge in [-0.3, -0.25) is 4.79 Å². The number of hydrogen-bond donors (Lipinski definition) is 1. The molecule has 2 fully saturated rings. The van der Waals surface area contributed by atoms with Crippen LogP contribution in [-0.2, 0) is 14.8 Å². The fourth-order valence-corrected chi connectivity index (χ4v) is 4.31. The molecule has 0 bridgehead atoms. The molecule has 2 rings (SSSR count). The largest absolute Gasteiger partial charge is 0.343 e. The average molecular weight is 368 g/mol. The van der Waals surface area contributed by atoms with E-state index in [0.29, 0.717) is 25.4 Å². The lowest BCUT2D eigenvalue weighted by molar-refractivity contribution is -0.133. The summed E-state index contributed by atoms with van der Waals surface area (Å²) >= 11 is 0. The summed E-state index contributed by atoms with van der Waals surface area (Å²) < 4.78 is 24.5. The number of halogens is 1. The fraction of sp³-hybridized carbons (Fsp3) is 0.933. The minimum atomic E-state index is -3.10. The molecule has 136 valence electrons. The van der Waals surface area contributed by atoms with Crippen LogP contribution in [0.5, 0.6) is 0 Å². The number of sulfonamides is 1. The van der Waals surface area contributed by atoms with E-state index < -0.39 is 10.0 Å². The van der Waals surface area contributed by atoms with E-state index in [1.165, 1.54) is 23.4 Å². The molecular formula is C15H30ClN3O3S. The Morgan fingerprint density at radius 2 is 1.74 bits per heavy atom. The molecular weight excluding hydrogens is 338 g/mol. The lowest BCUT2D eigenvalue weighted by atomic mass is 9.93. The van der Waals surface area contributed by atoms with Gasteiger partial charge in [0.05, 0.1) is 6.26 Å². The van der Waals surface area contributed by atoms with Crippen molar-refractivity contribution in [1.29, 1.82) is 0 Å². The molecule has 1 N–H and O–H groups in total. The van der Waals surface area contributed by atoms with Gasteiger partial charge < -0.3 is 10.2 Å². The molecule has 2 aliphatic heterocycles. The van der Waals surface area contributed by atoms with Gasteiger partial charge in [0.1, 0.15) is 0 Å². The number of carbonyl (C=O) groups is 1. The maximum Gasteiger partial charge on any atom is 0.222 e. The van der Waals surface area contributed by atoms with E-state index in [2.05, 4.69) is 5.32 Å². The SMILES string of the molecule is CN(C(=O)CCC1CCNCC1)C1CCN(S(C)(=O)=O)CC1.Cl. The van der Waals surface area contributed by atoms with Gasteiger partial charge in [-0.2, -0.15) is 0 Å². The van der Waals surface area contributed by atoms with Crippen molar-refractivity contribution in [3.63, 3.8) is 0 Å². The third-order valence-electron chi connectivity index (χ3n) is 5.06. The average Bonchev–Trinajstić information content (AvgIpc) is 2.52. The van der Waals surface area contributed by atoms with Crippen LogP contribution >= 0.6 is 12.4 Å². The van der Waals surface area contributed by atoms with Crippen molar-refractivity contribution in [2.75, 3.05) is 39.5 Å². The van der Waals surface area contributed by atoms with Crippen molar-refractivity contribution in [1.82, 2.24) is 14.5 Å². The Balaban J connectivity index is 0.00000264. The van der Waals surface area contributed by atoms with Crippen molar-refractivity contribution in [2.24, 2.45) is 5.92 Å². The summed E-state index contributed by atoms with van der Waals surface area (Å²) in [4.78, 5) is 14.2. The highest BCUT2D eigenvalue weighted by Crippen LogP contribution is 2.21. The molecule has 2 heterocycles. The molecule has 0 unspecified atom stereocenters. The quantitative estimate of drug-likeness (QED) is 0.789. The van der Waals surface area contributed by atoms with Crippen molar-refractivity contribution < 1.29 is 13.2 Å². The van der Waals surface area contributed by atoms with Gasteiger partial charge in [-0.1, -0.05) is 0 Å². The van der Waals surface area contributed by atoms with Crippen molar-refractivity contribution in [3.8, 4) is 0 Å². The second-order valence-electron chi connectivity index (χ2n) is 6.63. The second kappa shape index (κ2) is 9.20. The Labute approximate surface area is 146 Å². The molecule has 0 spiro atoms. The zero-order chi connectivity index (χ0) is 16.2. The summed E-state index contributed by atoms with van der Waals surface area (Å²) in [5.41, 5.74) is 0. The second-order valence-corrected chi connectivity index (χ2v) is 8.61. The number of carbonyl (C=O) groups excluding carboxylic acids is 1. The van der Waals surface area contributed by atoms with E-state index in [-0.39, 0.29) is 24.4 Å². The summed E-state index contributed by atoms with van der Waals surface area (Å²) in [6.07, 6.45) is 6.67. The van der Waals surface area contributed by atoms with Crippen LogP contribution in [0.4, 0.5) is 0 Å². The van der Waals surface area contributed by atoms with E-state index >= 15 is 0 Å². The van der Waals surface area contributed by atoms with Crippen LogP contribution < -0.4 is 5.32 Å². The summed E-state index contributed by atoms with van der Waals surface area (Å²) in [7, 11) is -1.23. The third kappa shape index (κ3) is 6.21. The first kappa shape index (κ1) is 20.7. The van der Waals surface area contributed by atoms with Crippen LogP contribution in [-0.4, -0.2) is 69.1 Å². The van der Waals surface area contributed by atoms with Crippen molar-refractivity contribution in [2.45, 2.75) is 44.6 Å². The summed E-state index contributed by atoms with van der Waals surface area (Å²) in [5.74, 6) is 0.877. The maximum atomic E-state index is 12.3. The summed E-state index contributed by atoms with van der Waals surface area (Å²) in [6, 6.07) is 0.179. The van der Waals surface area contributed by atoms with Gasteiger partial charge in [0, 0.05) is 32.6 Å². The molecule has 0 radical (unpaired) electrons. The molecule has 6 nitrogen and oxygen atoms in total. The van der Waals surface area contributed by atoms with Gasteiger partial charge in [-0.25, -0.2) is 12.7 Å². The molecule has 0 aromatic rings. The van der Waals surface area contributed by atoms with Gasteiger partial charge in [0.15, 0.2) is 0 Å². The van der Waals surface area contributed by atoms with Crippen LogP contribution in [0.3, 0.4) is 0 Å². The zero-order valence-corrected chi connectivity index (χ0v) is 15.8. The molecule has 2 saturated heterocycles. The summed E-state index contributed by atoms with van der Waals surface area (Å²) in [5, 5.41) is 3.34. The van der Waals surface area contributed by atoms with Crippen molar-refractivity contribution >= 4 is 28.3 Å². The number of amides is 1. The molecule has 23 heavy (non-hydrogen) atoms. The maximum absolute atomic E-state index is 12.3. The Morgan fingerprint density at radius 3 is 2.26 bits per heavy atom. The van der Waals surface area contributed by atoms with Crippen LogP contribution in [0.1, 0.15) is 38.5 Å². The van der Waals surface area contributed by atoms with E-state index in [0.717, 1.165) is 32.4 Å². The minimum absolute atomic E-state index is 0. The Bertz CT molecular complexity index is 472. The first-order chi connectivity index (χ1) is 10.4. The van der Waals surface area contributed by atoms with E-state index in [9.17, 15) is 13.2 Å². The van der Waals surface area contributed by atoms with E-state index in [4.69, 9.17) is 0 Å². The smallest absolute Gasteiger partial charge is 0.222 e. The minimum Gasteiger partial charge on any atom is -0.343 e. The molecule has 0 atom stereocenters. The molecule has 8 heteroatoms. The number of nitrogens with zero attached hydrogens (tertiary/aromatic N) is 2. The molecule has 2 aliphatic rings. The fourth-order valence-electron chi connectivity index (χ4n) is 3.44. The predicted molar refractivity (Wildman–Crippen MR) is 94.3 cm³/mol. The molecule has 0 aliphatic carbocycles. The standard InChI is InChI=1S/C15H29N3O3S.ClH/c1-17(14-7-11-18(12-8-14)22(2,20)21)15(19)4-3-13-5-9-16-10-6-13;/h13-14,16H,3-12H2,1-2H3;1H. The van der Waals surface area contributed by atoms with E-state index in [1.54, 1.807) is 0 Å². The monoisotopic (exact) mass is 367 g/mol. The molecule has 0 saturated carbocycles. The summed E-state index contributed by atoms with van der Waals surface area (Å²) in [6.45, 7) is 3.18. The Hall–Kier alpha value is -0.370. The predicted octanol–water partition coefficient (Wildman–Crippen LogP) is 1.07. The highest BCUT2D eigenvalue weighted by Gasteiger charge is 2.29. The van der Waals surface area contributed by atoms with Gasteiger partial charge in [-0.15, -0.1) is 12.4 Å². The lowest BCUT2D eigenvalue weighted by Crippen LogP contribution is -2.47. The Morgan fingerprint density at radius 1 is 1.17 bits per heavy atom. The van der Waals surface area contributed by atoms with E-state index in [1.807, 2.05) is 11.9 Å². The number of hydrogen-bond acceptors (Lipinski definition) is 4. The van der Waals surface area contributed by atoms with Gasteiger partial charge in [0.2, 0.25) is 15.9 Å².